The van der Waals surface area contributed by atoms with Crippen LogP contribution in [0.1, 0.15) is 22.3 Å². The summed E-state index contributed by atoms with van der Waals surface area (Å²) in [6.07, 6.45) is 0.831. The summed E-state index contributed by atoms with van der Waals surface area (Å²) in [7, 11) is -2.24. The number of carboxylic acid groups (broad SMARTS) is 1. The summed E-state index contributed by atoms with van der Waals surface area (Å²) in [4.78, 5) is 11.2. The summed E-state index contributed by atoms with van der Waals surface area (Å²) in [6.45, 7) is 3.21. The molecular weight excluding hydrogens is 374 g/mol. The van der Waals surface area contributed by atoms with E-state index in [1.807, 2.05) is 0 Å². The highest BCUT2D eigenvalue weighted by atomic mass is 79.9. The van der Waals surface area contributed by atoms with Crippen LogP contribution in [-0.2, 0) is 14.8 Å². The fourth-order valence-electron chi connectivity index (χ4n) is 2.40. The molecule has 1 aliphatic heterocycles. The molecule has 1 aromatic rings. The van der Waals surface area contributed by atoms with Crippen molar-refractivity contribution < 1.29 is 23.1 Å². The Bertz CT molecular complexity index is 683. The lowest BCUT2D eigenvalue weighted by Gasteiger charge is -2.21. The lowest BCUT2D eigenvalue weighted by atomic mass is 10.1. The normalized spacial score (nSPS) is 18.8. The molecule has 1 unspecified atom stereocenters. The van der Waals surface area contributed by atoms with Crippen LogP contribution in [0.3, 0.4) is 0 Å². The van der Waals surface area contributed by atoms with Gasteiger partial charge in [-0.15, -0.1) is 0 Å². The second kappa shape index (κ2) is 6.66. The third-order valence-corrected chi connectivity index (χ3v) is 6.54. The van der Waals surface area contributed by atoms with Crippen LogP contribution in [-0.4, -0.2) is 50.6 Å². The van der Waals surface area contributed by atoms with E-state index >= 15 is 0 Å². The van der Waals surface area contributed by atoms with Crippen molar-refractivity contribution in [3.63, 3.8) is 0 Å². The number of hydrogen-bond acceptors (Lipinski definition) is 4. The number of sulfonamides is 1. The van der Waals surface area contributed by atoms with Crippen molar-refractivity contribution in [1.29, 1.82) is 0 Å². The predicted molar refractivity (Wildman–Crippen MR) is 84.6 cm³/mol. The van der Waals surface area contributed by atoms with Crippen LogP contribution in [0.25, 0.3) is 0 Å². The smallest absolute Gasteiger partial charge is 0.335 e. The first-order valence-corrected chi connectivity index (χ1v) is 9.04. The minimum Gasteiger partial charge on any atom is -0.478 e. The molecule has 0 aromatic heterocycles. The first-order valence-electron chi connectivity index (χ1n) is 6.81. The van der Waals surface area contributed by atoms with Crippen molar-refractivity contribution in [1.82, 2.24) is 4.31 Å². The van der Waals surface area contributed by atoms with Crippen LogP contribution < -0.4 is 0 Å². The van der Waals surface area contributed by atoms with Crippen molar-refractivity contribution in [2.75, 3.05) is 26.8 Å². The summed E-state index contributed by atoms with van der Waals surface area (Å²) in [6, 6.07) is 2.61. The highest BCUT2D eigenvalue weighted by molar-refractivity contribution is 9.10. The second-order valence-corrected chi connectivity index (χ2v) is 8.27. The topological polar surface area (TPSA) is 83.9 Å². The third kappa shape index (κ3) is 3.51. The van der Waals surface area contributed by atoms with E-state index in [-0.39, 0.29) is 16.4 Å². The van der Waals surface area contributed by atoms with E-state index in [2.05, 4.69) is 15.9 Å². The van der Waals surface area contributed by atoms with Crippen LogP contribution in [0, 0.1) is 12.8 Å². The molecule has 1 saturated heterocycles. The van der Waals surface area contributed by atoms with E-state index in [9.17, 15) is 13.2 Å². The molecule has 0 saturated carbocycles. The number of carboxylic acids is 1. The Labute approximate surface area is 138 Å². The fourth-order valence-corrected chi connectivity index (χ4v) is 4.51. The van der Waals surface area contributed by atoms with Gasteiger partial charge in [0.2, 0.25) is 10.0 Å². The summed E-state index contributed by atoms with van der Waals surface area (Å²) in [5, 5.41) is 9.11. The molecule has 0 aliphatic carbocycles. The molecule has 0 amide bonds. The molecule has 122 valence electrons. The van der Waals surface area contributed by atoms with E-state index in [1.54, 1.807) is 6.92 Å². The maximum Gasteiger partial charge on any atom is 0.335 e. The quantitative estimate of drug-likeness (QED) is 0.830. The van der Waals surface area contributed by atoms with Gasteiger partial charge >= 0.3 is 5.97 Å². The average Bonchev–Trinajstić information content (AvgIpc) is 2.93. The number of ether oxygens (including phenoxy) is 1. The zero-order chi connectivity index (χ0) is 16.5. The van der Waals surface area contributed by atoms with Gasteiger partial charge in [-0.05, 0) is 37.0 Å². The molecule has 1 atom stereocenters. The molecule has 1 heterocycles. The van der Waals surface area contributed by atoms with Gasteiger partial charge in [0, 0.05) is 24.7 Å². The van der Waals surface area contributed by atoms with Crippen molar-refractivity contribution in [3.8, 4) is 0 Å². The lowest BCUT2D eigenvalue weighted by molar-refractivity contribution is 0.0696. The summed E-state index contributed by atoms with van der Waals surface area (Å²) in [5.74, 6) is -0.991. The maximum atomic E-state index is 12.7. The molecule has 22 heavy (non-hydrogen) atoms. The van der Waals surface area contributed by atoms with Crippen LogP contribution in [0.2, 0.25) is 0 Å². The van der Waals surface area contributed by atoms with E-state index in [1.165, 1.54) is 23.5 Å². The van der Waals surface area contributed by atoms with E-state index in [4.69, 9.17) is 9.84 Å². The first kappa shape index (κ1) is 17.4. The third-order valence-electron chi connectivity index (χ3n) is 3.77. The Morgan fingerprint density at radius 2 is 2.18 bits per heavy atom. The Hall–Kier alpha value is -0.960. The molecule has 2 rings (SSSR count). The van der Waals surface area contributed by atoms with E-state index in [0.717, 1.165) is 6.42 Å². The molecular formula is C14H18BrNO5S. The molecule has 6 nitrogen and oxygen atoms in total. The predicted octanol–water partition coefficient (Wildman–Crippen LogP) is 2.11. The van der Waals surface area contributed by atoms with Gasteiger partial charge in [0.25, 0.3) is 0 Å². The monoisotopic (exact) mass is 391 g/mol. The molecule has 1 N–H and O–H groups in total. The highest BCUT2D eigenvalue weighted by Gasteiger charge is 2.28. The standard InChI is InChI=1S/C14H18BrNO5S/c1-9-12(15)5-11(14(17)18)6-13(9)22(19,20)16(2)7-10-3-4-21-8-10/h5-6,10H,3-4,7-8H2,1-2H3,(H,17,18). The minimum atomic E-state index is -3.75. The summed E-state index contributed by atoms with van der Waals surface area (Å²) < 4.78 is 32.5. The number of halogens is 1. The van der Waals surface area contributed by atoms with Crippen molar-refractivity contribution in [3.05, 3.63) is 27.7 Å². The van der Waals surface area contributed by atoms with Crippen LogP contribution >= 0.6 is 15.9 Å². The fraction of sp³-hybridized carbons (Fsp3) is 0.500. The Kier molecular flexibility index (Phi) is 5.26. The number of hydrogen-bond donors (Lipinski definition) is 1. The van der Waals surface area contributed by atoms with Gasteiger partial charge in [-0.3, -0.25) is 0 Å². The van der Waals surface area contributed by atoms with Gasteiger partial charge in [-0.25, -0.2) is 17.5 Å². The van der Waals surface area contributed by atoms with Gasteiger partial charge in [0.15, 0.2) is 0 Å². The Morgan fingerprint density at radius 3 is 2.73 bits per heavy atom. The number of benzene rings is 1. The van der Waals surface area contributed by atoms with Crippen LogP contribution in [0.5, 0.6) is 0 Å². The highest BCUT2D eigenvalue weighted by Crippen LogP contribution is 2.28. The van der Waals surface area contributed by atoms with E-state index < -0.39 is 16.0 Å². The molecule has 0 radical (unpaired) electrons. The molecule has 0 bridgehead atoms. The molecule has 1 aliphatic rings. The van der Waals surface area contributed by atoms with Gasteiger partial charge in [0.05, 0.1) is 17.1 Å². The Balaban J connectivity index is 2.37. The van der Waals surface area contributed by atoms with Crippen molar-refractivity contribution in [2.24, 2.45) is 5.92 Å². The zero-order valence-electron chi connectivity index (χ0n) is 12.4. The van der Waals surface area contributed by atoms with Gasteiger partial charge in [-0.2, -0.15) is 0 Å². The molecule has 1 aromatic carbocycles. The van der Waals surface area contributed by atoms with Crippen LogP contribution in [0.15, 0.2) is 21.5 Å². The number of aromatic carboxylic acids is 1. The molecule has 1 fully saturated rings. The molecule has 0 spiro atoms. The average molecular weight is 392 g/mol. The SMILES string of the molecule is Cc1c(Br)cc(C(=O)O)cc1S(=O)(=O)N(C)CC1CCOC1. The van der Waals surface area contributed by atoms with E-state index in [0.29, 0.717) is 29.8 Å². The summed E-state index contributed by atoms with van der Waals surface area (Å²) in [5.41, 5.74) is 0.438. The lowest BCUT2D eigenvalue weighted by Crippen LogP contribution is -2.32. The van der Waals surface area contributed by atoms with Crippen molar-refractivity contribution in [2.45, 2.75) is 18.2 Å². The number of carbonyl (C=O) groups is 1. The first-order chi connectivity index (χ1) is 10.2. The van der Waals surface area contributed by atoms with Gasteiger partial charge in [-0.1, -0.05) is 15.9 Å². The van der Waals surface area contributed by atoms with Gasteiger partial charge < -0.3 is 9.84 Å². The van der Waals surface area contributed by atoms with Crippen molar-refractivity contribution >= 4 is 31.9 Å². The number of nitrogens with zero attached hydrogens (tertiary/aromatic N) is 1. The van der Waals surface area contributed by atoms with Crippen LogP contribution in [0.4, 0.5) is 0 Å². The Morgan fingerprint density at radius 1 is 1.50 bits per heavy atom. The zero-order valence-corrected chi connectivity index (χ0v) is 14.8. The summed E-state index contributed by atoms with van der Waals surface area (Å²) >= 11 is 3.23. The molecule has 8 heteroatoms. The van der Waals surface area contributed by atoms with Gasteiger partial charge in [0.1, 0.15) is 0 Å². The number of rotatable bonds is 5. The largest absolute Gasteiger partial charge is 0.478 e. The minimum absolute atomic E-state index is 0.0145. The second-order valence-electron chi connectivity index (χ2n) is 5.40. The maximum absolute atomic E-state index is 12.7.